The summed E-state index contributed by atoms with van der Waals surface area (Å²) in [5.74, 6) is 0. The van der Waals surface area contributed by atoms with E-state index in [0.29, 0.717) is 0 Å². The first kappa shape index (κ1) is 14.7. The Morgan fingerprint density at radius 2 is 1.64 bits per heavy atom. The minimum absolute atomic E-state index is 0.219. The van der Waals surface area contributed by atoms with Gasteiger partial charge in [-0.2, -0.15) is 0 Å². The SMILES string of the molecule is CO[Si](C)(CCCCCC(Cl)Cl)OC. The maximum absolute atomic E-state index is 5.63. The van der Waals surface area contributed by atoms with Gasteiger partial charge in [0.2, 0.25) is 0 Å². The molecule has 0 aliphatic rings. The molecule has 0 radical (unpaired) electrons. The summed E-state index contributed by atoms with van der Waals surface area (Å²) < 4.78 is 10.8. The van der Waals surface area contributed by atoms with Crippen LogP contribution in [0, 0.1) is 0 Å². The lowest BCUT2D eigenvalue weighted by atomic mass is 10.2. The van der Waals surface area contributed by atoms with E-state index in [4.69, 9.17) is 32.1 Å². The average Bonchev–Trinajstić information content (AvgIpc) is 2.16. The van der Waals surface area contributed by atoms with Crippen LogP contribution in [0.25, 0.3) is 0 Å². The molecule has 0 saturated carbocycles. The van der Waals surface area contributed by atoms with Crippen LogP contribution in [0.2, 0.25) is 12.6 Å². The number of rotatable bonds is 8. The van der Waals surface area contributed by atoms with Crippen molar-refractivity contribution in [1.82, 2.24) is 0 Å². The molecule has 5 heteroatoms. The van der Waals surface area contributed by atoms with Gasteiger partial charge >= 0.3 is 8.56 Å². The van der Waals surface area contributed by atoms with Crippen molar-refractivity contribution >= 4 is 31.8 Å². The van der Waals surface area contributed by atoms with Gasteiger partial charge in [0.25, 0.3) is 0 Å². The van der Waals surface area contributed by atoms with E-state index in [1.54, 1.807) is 14.2 Å². The van der Waals surface area contributed by atoms with Gasteiger partial charge in [0, 0.05) is 14.2 Å². The van der Waals surface area contributed by atoms with Gasteiger partial charge in [0.05, 0.1) is 0 Å². The summed E-state index contributed by atoms with van der Waals surface area (Å²) in [5, 5.41) is 0. The predicted octanol–water partition coefficient (Wildman–Crippen LogP) is 3.72. The predicted molar refractivity (Wildman–Crippen MR) is 64.4 cm³/mol. The highest BCUT2D eigenvalue weighted by molar-refractivity contribution is 6.65. The molecule has 0 bridgehead atoms. The molecule has 0 aromatic rings. The largest absolute Gasteiger partial charge is 0.398 e. The standard InChI is InChI=1S/C9H20Cl2O2Si/c1-12-14(3,13-2)8-6-4-5-7-9(10)11/h9H,4-8H2,1-3H3. The van der Waals surface area contributed by atoms with Gasteiger partial charge < -0.3 is 8.85 Å². The first-order chi connectivity index (χ1) is 6.54. The van der Waals surface area contributed by atoms with Crippen molar-refractivity contribution in [2.45, 2.75) is 43.1 Å². The molecule has 0 fully saturated rings. The minimum atomic E-state index is -1.84. The smallest absolute Gasteiger partial charge is 0.334 e. The molecule has 0 unspecified atom stereocenters. The Hall–Kier alpha value is 0.717. The normalized spacial score (nSPS) is 12.4. The third kappa shape index (κ3) is 7.07. The fraction of sp³-hybridized carbons (Fsp3) is 1.00. The third-order valence-electron chi connectivity index (χ3n) is 2.42. The summed E-state index contributed by atoms with van der Waals surface area (Å²) >= 11 is 11.3. The summed E-state index contributed by atoms with van der Waals surface area (Å²) in [6.45, 7) is 2.08. The molecule has 0 heterocycles. The number of hydrogen-bond donors (Lipinski definition) is 0. The van der Waals surface area contributed by atoms with Crippen molar-refractivity contribution in [3.05, 3.63) is 0 Å². The quantitative estimate of drug-likeness (QED) is 0.376. The number of alkyl halides is 2. The highest BCUT2D eigenvalue weighted by atomic mass is 35.5. The average molecular weight is 259 g/mol. The third-order valence-corrected chi connectivity index (χ3v) is 5.84. The van der Waals surface area contributed by atoms with Crippen molar-refractivity contribution in [3.63, 3.8) is 0 Å². The van der Waals surface area contributed by atoms with Gasteiger partial charge in [-0.1, -0.05) is 19.3 Å². The van der Waals surface area contributed by atoms with E-state index >= 15 is 0 Å². The molecule has 0 saturated heterocycles. The van der Waals surface area contributed by atoms with Crippen LogP contribution < -0.4 is 0 Å². The van der Waals surface area contributed by atoms with Crippen LogP contribution >= 0.6 is 23.2 Å². The molecule has 86 valence electrons. The Balaban J connectivity index is 3.43. The summed E-state index contributed by atoms with van der Waals surface area (Å²) in [5.41, 5.74) is 0. The number of halogens is 2. The Kier molecular flexibility index (Phi) is 8.34. The van der Waals surface area contributed by atoms with Crippen molar-refractivity contribution in [2.24, 2.45) is 0 Å². The number of hydrogen-bond acceptors (Lipinski definition) is 2. The van der Waals surface area contributed by atoms with Crippen LogP contribution in [0.1, 0.15) is 25.7 Å². The monoisotopic (exact) mass is 258 g/mol. The molecule has 2 nitrogen and oxygen atoms in total. The van der Waals surface area contributed by atoms with Crippen LogP contribution in [0.3, 0.4) is 0 Å². The zero-order chi connectivity index (χ0) is 11.0. The molecular weight excluding hydrogens is 239 g/mol. The van der Waals surface area contributed by atoms with Crippen molar-refractivity contribution in [2.75, 3.05) is 14.2 Å². The Morgan fingerprint density at radius 1 is 1.07 bits per heavy atom. The Morgan fingerprint density at radius 3 is 2.07 bits per heavy atom. The molecule has 14 heavy (non-hydrogen) atoms. The van der Waals surface area contributed by atoms with Gasteiger partial charge in [-0.25, -0.2) is 0 Å². The molecule has 0 N–H and O–H groups in total. The van der Waals surface area contributed by atoms with Crippen molar-refractivity contribution < 1.29 is 8.85 Å². The van der Waals surface area contributed by atoms with E-state index in [1.165, 1.54) is 0 Å². The van der Waals surface area contributed by atoms with Gasteiger partial charge in [-0.05, 0) is 19.0 Å². The maximum atomic E-state index is 5.63. The number of unbranched alkanes of at least 4 members (excludes halogenated alkanes) is 2. The van der Waals surface area contributed by atoms with E-state index in [1.807, 2.05) is 0 Å². The van der Waals surface area contributed by atoms with Gasteiger partial charge in [-0.15, -0.1) is 23.2 Å². The molecule has 0 aromatic heterocycles. The summed E-state index contributed by atoms with van der Waals surface area (Å²) in [6, 6.07) is 1.04. The Bertz CT molecular complexity index is 141. The lowest BCUT2D eigenvalue weighted by molar-refractivity contribution is 0.248. The molecule has 0 aromatic carbocycles. The van der Waals surface area contributed by atoms with Crippen LogP contribution in [0.4, 0.5) is 0 Å². The molecule has 0 atom stereocenters. The van der Waals surface area contributed by atoms with E-state index in [2.05, 4.69) is 6.55 Å². The van der Waals surface area contributed by atoms with Gasteiger partial charge in [0.15, 0.2) is 0 Å². The Labute approximate surface area is 98.1 Å². The molecular formula is C9H20Cl2O2Si. The van der Waals surface area contributed by atoms with E-state index in [9.17, 15) is 0 Å². The highest BCUT2D eigenvalue weighted by Gasteiger charge is 2.27. The first-order valence-electron chi connectivity index (χ1n) is 4.92. The topological polar surface area (TPSA) is 18.5 Å². The van der Waals surface area contributed by atoms with E-state index in [0.717, 1.165) is 31.7 Å². The van der Waals surface area contributed by atoms with Gasteiger partial charge in [-0.3, -0.25) is 0 Å². The lowest BCUT2D eigenvalue weighted by Gasteiger charge is -2.22. The molecule has 0 rings (SSSR count). The van der Waals surface area contributed by atoms with Crippen molar-refractivity contribution in [3.8, 4) is 0 Å². The van der Waals surface area contributed by atoms with Crippen LogP contribution in [0.5, 0.6) is 0 Å². The molecule has 0 spiro atoms. The van der Waals surface area contributed by atoms with Crippen LogP contribution in [-0.4, -0.2) is 27.6 Å². The summed E-state index contributed by atoms with van der Waals surface area (Å²) in [7, 11) is 1.61. The van der Waals surface area contributed by atoms with E-state index in [-0.39, 0.29) is 4.84 Å². The summed E-state index contributed by atoms with van der Waals surface area (Å²) in [4.78, 5) is -0.219. The second kappa shape index (κ2) is 7.94. The second-order valence-corrected chi connectivity index (χ2v) is 8.39. The zero-order valence-corrected chi connectivity index (χ0v) is 11.7. The molecule has 0 amide bonds. The lowest BCUT2D eigenvalue weighted by Crippen LogP contribution is -2.35. The second-order valence-electron chi connectivity index (χ2n) is 3.53. The van der Waals surface area contributed by atoms with Crippen LogP contribution in [-0.2, 0) is 8.85 Å². The fourth-order valence-corrected chi connectivity index (χ4v) is 2.98. The van der Waals surface area contributed by atoms with Crippen LogP contribution in [0.15, 0.2) is 0 Å². The molecule has 0 aliphatic heterocycles. The minimum Gasteiger partial charge on any atom is -0.398 e. The van der Waals surface area contributed by atoms with Crippen molar-refractivity contribution in [1.29, 1.82) is 0 Å². The fourth-order valence-electron chi connectivity index (χ4n) is 1.21. The van der Waals surface area contributed by atoms with Gasteiger partial charge in [0.1, 0.15) is 4.84 Å². The summed E-state index contributed by atoms with van der Waals surface area (Å²) in [6.07, 6.45) is 4.23. The first-order valence-corrected chi connectivity index (χ1v) is 8.32. The zero-order valence-electron chi connectivity index (χ0n) is 9.19. The highest BCUT2D eigenvalue weighted by Crippen LogP contribution is 2.18. The van der Waals surface area contributed by atoms with E-state index < -0.39 is 8.56 Å². The molecule has 0 aliphatic carbocycles. The maximum Gasteiger partial charge on any atom is 0.334 e.